The van der Waals surface area contributed by atoms with Crippen LogP contribution in [0.25, 0.3) is 0 Å². The maximum absolute atomic E-state index is 5.32. The molecular formula is C19H21BrO. The molecule has 3 unspecified atom stereocenters. The largest absolute Gasteiger partial charge is 0.497 e. The standard InChI is InChI=1S/C19H21BrO/c1-21-17-9-5-6-14(11-17)10-16(13-20)19-12-18(19)15-7-3-2-4-8-15/h2-9,11,16,18-19H,10,12-13H2,1H3. The summed E-state index contributed by atoms with van der Waals surface area (Å²) in [5, 5.41) is 1.07. The maximum Gasteiger partial charge on any atom is 0.119 e. The van der Waals surface area contributed by atoms with Crippen LogP contribution in [0.3, 0.4) is 0 Å². The van der Waals surface area contributed by atoms with Crippen LogP contribution < -0.4 is 4.74 Å². The fourth-order valence-corrected chi connectivity index (χ4v) is 3.95. The fourth-order valence-electron chi connectivity index (χ4n) is 3.24. The molecule has 1 fully saturated rings. The van der Waals surface area contributed by atoms with Gasteiger partial charge < -0.3 is 4.74 Å². The van der Waals surface area contributed by atoms with E-state index in [0.29, 0.717) is 5.92 Å². The molecule has 0 aromatic heterocycles. The van der Waals surface area contributed by atoms with Crippen LogP contribution in [0.2, 0.25) is 0 Å². The number of halogens is 1. The molecule has 1 nitrogen and oxygen atoms in total. The number of hydrogen-bond acceptors (Lipinski definition) is 1. The summed E-state index contributed by atoms with van der Waals surface area (Å²) in [6, 6.07) is 19.4. The van der Waals surface area contributed by atoms with Gasteiger partial charge in [-0.1, -0.05) is 58.4 Å². The summed E-state index contributed by atoms with van der Waals surface area (Å²) in [7, 11) is 1.73. The monoisotopic (exact) mass is 344 g/mol. The quantitative estimate of drug-likeness (QED) is 0.666. The molecule has 1 aliphatic rings. The van der Waals surface area contributed by atoms with Gasteiger partial charge in [0.05, 0.1) is 7.11 Å². The van der Waals surface area contributed by atoms with Crippen LogP contribution in [0.15, 0.2) is 54.6 Å². The first kappa shape index (κ1) is 14.6. The molecule has 21 heavy (non-hydrogen) atoms. The number of rotatable bonds is 6. The van der Waals surface area contributed by atoms with Crippen LogP contribution in [-0.2, 0) is 6.42 Å². The molecule has 0 bridgehead atoms. The maximum atomic E-state index is 5.32. The first-order chi connectivity index (χ1) is 10.3. The van der Waals surface area contributed by atoms with Gasteiger partial charge in [-0.3, -0.25) is 0 Å². The fraction of sp³-hybridized carbons (Fsp3) is 0.368. The Balaban J connectivity index is 1.66. The van der Waals surface area contributed by atoms with Crippen molar-refractivity contribution in [2.24, 2.45) is 11.8 Å². The van der Waals surface area contributed by atoms with E-state index in [1.165, 1.54) is 17.5 Å². The SMILES string of the molecule is COc1cccc(CC(CBr)C2CC2c2ccccc2)c1. The minimum Gasteiger partial charge on any atom is -0.497 e. The Hall–Kier alpha value is -1.28. The average molecular weight is 345 g/mol. The molecule has 1 saturated carbocycles. The van der Waals surface area contributed by atoms with Crippen LogP contribution in [0.5, 0.6) is 5.75 Å². The van der Waals surface area contributed by atoms with Crippen molar-refractivity contribution in [2.75, 3.05) is 12.4 Å². The third-order valence-corrected chi connectivity index (χ3v) is 5.33. The van der Waals surface area contributed by atoms with E-state index in [0.717, 1.165) is 29.3 Å². The lowest BCUT2D eigenvalue weighted by atomic mass is 9.94. The number of methoxy groups -OCH3 is 1. The van der Waals surface area contributed by atoms with Crippen LogP contribution in [0.1, 0.15) is 23.5 Å². The van der Waals surface area contributed by atoms with Crippen LogP contribution in [0, 0.1) is 11.8 Å². The van der Waals surface area contributed by atoms with Gasteiger partial charge in [0.2, 0.25) is 0 Å². The summed E-state index contributed by atoms with van der Waals surface area (Å²) in [6.07, 6.45) is 2.45. The van der Waals surface area contributed by atoms with E-state index in [-0.39, 0.29) is 0 Å². The zero-order valence-corrected chi connectivity index (χ0v) is 13.9. The van der Waals surface area contributed by atoms with Crippen LogP contribution in [0.4, 0.5) is 0 Å². The predicted molar refractivity (Wildman–Crippen MR) is 91.3 cm³/mol. The predicted octanol–water partition coefficient (Wildman–Crippen LogP) is 5.05. The second kappa shape index (κ2) is 6.65. The lowest BCUT2D eigenvalue weighted by Gasteiger charge is -2.15. The highest BCUT2D eigenvalue weighted by Crippen LogP contribution is 2.53. The molecule has 0 saturated heterocycles. The van der Waals surface area contributed by atoms with Crippen molar-refractivity contribution < 1.29 is 4.74 Å². The van der Waals surface area contributed by atoms with E-state index >= 15 is 0 Å². The van der Waals surface area contributed by atoms with E-state index in [1.54, 1.807) is 7.11 Å². The van der Waals surface area contributed by atoms with Gasteiger partial charge in [0.1, 0.15) is 5.75 Å². The molecule has 2 aromatic carbocycles. The molecule has 2 aromatic rings. The molecule has 0 spiro atoms. The van der Waals surface area contributed by atoms with E-state index in [9.17, 15) is 0 Å². The Morgan fingerprint density at radius 1 is 1.14 bits per heavy atom. The van der Waals surface area contributed by atoms with Crippen molar-refractivity contribution >= 4 is 15.9 Å². The zero-order chi connectivity index (χ0) is 14.7. The van der Waals surface area contributed by atoms with E-state index in [1.807, 2.05) is 6.07 Å². The molecule has 1 aliphatic carbocycles. The van der Waals surface area contributed by atoms with Crippen molar-refractivity contribution in [3.05, 3.63) is 65.7 Å². The molecule has 0 amide bonds. The van der Waals surface area contributed by atoms with Crippen molar-refractivity contribution in [1.29, 1.82) is 0 Å². The summed E-state index contributed by atoms with van der Waals surface area (Å²) in [5.41, 5.74) is 2.87. The number of hydrogen-bond donors (Lipinski definition) is 0. The van der Waals surface area contributed by atoms with Gasteiger partial charge in [0.25, 0.3) is 0 Å². The molecule has 0 radical (unpaired) electrons. The van der Waals surface area contributed by atoms with Gasteiger partial charge in [-0.15, -0.1) is 0 Å². The van der Waals surface area contributed by atoms with E-state index in [4.69, 9.17) is 4.74 Å². The smallest absolute Gasteiger partial charge is 0.119 e. The second-order valence-electron chi connectivity index (χ2n) is 5.89. The Bertz CT molecular complexity index is 581. The van der Waals surface area contributed by atoms with Gasteiger partial charge >= 0.3 is 0 Å². The van der Waals surface area contributed by atoms with E-state index < -0.39 is 0 Å². The average Bonchev–Trinajstić information content (AvgIpc) is 3.34. The minimum absolute atomic E-state index is 0.697. The highest BCUT2D eigenvalue weighted by atomic mass is 79.9. The van der Waals surface area contributed by atoms with Gasteiger partial charge in [-0.05, 0) is 53.9 Å². The van der Waals surface area contributed by atoms with Crippen molar-refractivity contribution in [2.45, 2.75) is 18.8 Å². The zero-order valence-electron chi connectivity index (χ0n) is 12.3. The number of ether oxygens (including phenoxy) is 1. The Morgan fingerprint density at radius 3 is 2.67 bits per heavy atom. The van der Waals surface area contributed by atoms with Gasteiger partial charge in [-0.2, -0.15) is 0 Å². The van der Waals surface area contributed by atoms with Gasteiger partial charge in [-0.25, -0.2) is 0 Å². The van der Waals surface area contributed by atoms with Gasteiger partial charge in [0.15, 0.2) is 0 Å². The topological polar surface area (TPSA) is 9.23 Å². The Labute approximate surface area is 135 Å². The lowest BCUT2D eigenvalue weighted by Crippen LogP contribution is -2.10. The molecule has 2 heteroatoms. The molecule has 3 atom stereocenters. The lowest BCUT2D eigenvalue weighted by molar-refractivity contribution is 0.413. The van der Waals surface area contributed by atoms with Crippen molar-refractivity contribution in [1.82, 2.24) is 0 Å². The molecule has 0 heterocycles. The molecular weight excluding hydrogens is 324 g/mol. The van der Waals surface area contributed by atoms with Crippen molar-refractivity contribution in [3.8, 4) is 5.75 Å². The van der Waals surface area contributed by atoms with Crippen molar-refractivity contribution in [3.63, 3.8) is 0 Å². The summed E-state index contributed by atoms with van der Waals surface area (Å²) >= 11 is 3.72. The molecule has 110 valence electrons. The summed E-state index contributed by atoms with van der Waals surface area (Å²) in [4.78, 5) is 0. The molecule has 0 N–H and O–H groups in total. The number of benzene rings is 2. The normalized spacial score (nSPS) is 21.8. The first-order valence-electron chi connectivity index (χ1n) is 7.55. The molecule has 3 rings (SSSR count). The van der Waals surface area contributed by atoms with E-state index in [2.05, 4.69) is 64.5 Å². The minimum atomic E-state index is 0.697. The first-order valence-corrected chi connectivity index (χ1v) is 8.68. The summed E-state index contributed by atoms with van der Waals surface area (Å²) < 4.78 is 5.32. The Kier molecular flexibility index (Phi) is 4.64. The van der Waals surface area contributed by atoms with Crippen LogP contribution in [-0.4, -0.2) is 12.4 Å². The highest BCUT2D eigenvalue weighted by Gasteiger charge is 2.42. The Morgan fingerprint density at radius 2 is 1.95 bits per heavy atom. The third kappa shape index (κ3) is 3.49. The molecule has 0 aliphatic heterocycles. The second-order valence-corrected chi connectivity index (χ2v) is 6.53. The van der Waals surface area contributed by atoms with Gasteiger partial charge in [0, 0.05) is 5.33 Å². The summed E-state index contributed by atoms with van der Waals surface area (Å²) in [6.45, 7) is 0. The summed E-state index contributed by atoms with van der Waals surface area (Å²) in [5.74, 6) is 3.20. The number of alkyl halides is 1. The van der Waals surface area contributed by atoms with Crippen LogP contribution >= 0.6 is 15.9 Å². The third-order valence-electron chi connectivity index (χ3n) is 4.50. The highest BCUT2D eigenvalue weighted by molar-refractivity contribution is 9.09.